The maximum atomic E-state index is 13.1. The van der Waals surface area contributed by atoms with Crippen LogP contribution in [0.25, 0.3) is 10.8 Å². The molecule has 1 N–H and O–H groups in total. The normalized spacial score (nSPS) is 18.0. The first-order chi connectivity index (χ1) is 17.0. The van der Waals surface area contributed by atoms with Gasteiger partial charge in [-0.05, 0) is 55.9 Å². The number of hydrogen-bond acceptors (Lipinski definition) is 5. The summed E-state index contributed by atoms with van der Waals surface area (Å²) in [5, 5.41) is 5.15. The van der Waals surface area contributed by atoms with Gasteiger partial charge in [0.1, 0.15) is 0 Å². The Labute approximate surface area is 207 Å². The van der Waals surface area contributed by atoms with Crippen LogP contribution in [0, 0.1) is 5.92 Å². The first-order valence-corrected chi connectivity index (χ1v) is 14.1. The Bertz CT molecular complexity index is 1280. The molecule has 0 spiro atoms. The number of carbonyl (C=O) groups is 1. The predicted octanol–water partition coefficient (Wildman–Crippen LogP) is 4.41. The van der Waals surface area contributed by atoms with Gasteiger partial charge in [-0.3, -0.25) is 9.78 Å². The first-order valence-electron chi connectivity index (χ1n) is 12.5. The first kappa shape index (κ1) is 23.8. The highest BCUT2D eigenvalue weighted by Gasteiger charge is 2.31. The second-order valence-corrected chi connectivity index (χ2v) is 11.5. The lowest BCUT2D eigenvalue weighted by Gasteiger charge is -2.31. The van der Waals surface area contributed by atoms with Crippen LogP contribution < -0.4 is 10.2 Å². The minimum atomic E-state index is -3.40. The summed E-state index contributed by atoms with van der Waals surface area (Å²) in [5.41, 5.74) is 2.73. The summed E-state index contributed by atoms with van der Waals surface area (Å²) in [6, 6.07) is 15.3. The Morgan fingerprint density at radius 2 is 1.66 bits per heavy atom. The van der Waals surface area contributed by atoms with Gasteiger partial charge in [-0.25, -0.2) is 12.7 Å². The van der Waals surface area contributed by atoms with E-state index >= 15 is 0 Å². The van der Waals surface area contributed by atoms with Gasteiger partial charge >= 0.3 is 0 Å². The van der Waals surface area contributed by atoms with E-state index in [4.69, 9.17) is 0 Å². The van der Waals surface area contributed by atoms with Crippen molar-refractivity contribution in [1.29, 1.82) is 0 Å². The summed E-state index contributed by atoms with van der Waals surface area (Å²) in [5.74, 6) is -0.278. The van der Waals surface area contributed by atoms with Crippen LogP contribution in [0.2, 0.25) is 0 Å². The fourth-order valence-electron chi connectivity index (χ4n) is 5.20. The maximum absolute atomic E-state index is 13.1. The van der Waals surface area contributed by atoms with Crippen LogP contribution in [0.15, 0.2) is 60.9 Å². The lowest BCUT2D eigenvalue weighted by atomic mass is 9.97. The van der Waals surface area contributed by atoms with E-state index in [1.165, 1.54) is 29.3 Å². The molecule has 0 atom stereocenters. The number of sulfonamides is 1. The quantitative estimate of drug-likeness (QED) is 0.551. The van der Waals surface area contributed by atoms with Crippen LogP contribution in [0.4, 0.5) is 11.4 Å². The van der Waals surface area contributed by atoms with Crippen LogP contribution in [0.1, 0.15) is 37.7 Å². The van der Waals surface area contributed by atoms with Crippen molar-refractivity contribution in [2.45, 2.75) is 37.9 Å². The van der Waals surface area contributed by atoms with Crippen molar-refractivity contribution in [1.82, 2.24) is 9.29 Å². The van der Waals surface area contributed by atoms with Gasteiger partial charge in [0.05, 0.1) is 11.4 Å². The topological polar surface area (TPSA) is 82.6 Å². The van der Waals surface area contributed by atoms with Crippen molar-refractivity contribution in [3.63, 3.8) is 0 Å². The molecule has 0 unspecified atom stereocenters. The van der Waals surface area contributed by atoms with Crippen LogP contribution in [-0.4, -0.2) is 49.8 Å². The van der Waals surface area contributed by atoms with E-state index in [1.54, 1.807) is 6.20 Å². The van der Waals surface area contributed by atoms with Gasteiger partial charge in [-0.2, -0.15) is 0 Å². The number of hydrogen-bond donors (Lipinski definition) is 1. The number of fused-ring (bicyclic) bond motifs is 1. The van der Waals surface area contributed by atoms with Gasteiger partial charge in [-0.15, -0.1) is 0 Å². The van der Waals surface area contributed by atoms with Gasteiger partial charge in [0, 0.05) is 61.0 Å². The molecular formula is C27H32N4O3S. The Morgan fingerprint density at radius 3 is 2.40 bits per heavy atom. The molecule has 7 nitrogen and oxygen atoms in total. The Kier molecular flexibility index (Phi) is 7.02. The average Bonchev–Trinajstić information content (AvgIpc) is 2.90. The smallest absolute Gasteiger partial charge is 0.227 e. The lowest BCUT2D eigenvalue weighted by Crippen LogP contribution is -2.41. The molecule has 8 heteroatoms. The summed E-state index contributed by atoms with van der Waals surface area (Å²) in [7, 11) is -3.40. The van der Waals surface area contributed by atoms with Crippen LogP contribution in [-0.2, 0) is 20.6 Å². The maximum Gasteiger partial charge on any atom is 0.227 e. The van der Waals surface area contributed by atoms with Gasteiger partial charge in [0.25, 0.3) is 0 Å². The summed E-state index contributed by atoms with van der Waals surface area (Å²) in [6.45, 7) is 2.83. The molecule has 0 bridgehead atoms. The van der Waals surface area contributed by atoms with Crippen molar-refractivity contribution in [2.75, 3.05) is 36.4 Å². The summed E-state index contributed by atoms with van der Waals surface area (Å²) in [4.78, 5) is 19.9. The van der Waals surface area contributed by atoms with Crippen molar-refractivity contribution in [3.05, 3.63) is 66.5 Å². The molecule has 184 valence electrons. The fourth-order valence-corrected chi connectivity index (χ4v) is 6.76. The Morgan fingerprint density at radius 1 is 0.914 bits per heavy atom. The van der Waals surface area contributed by atoms with Crippen LogP contribution in [0.3, 0.4) is 0 Å². The molecule has 2 aliphatic heterocycles. The van der Waals surface area contributed by atoms with Gasteiger partial charge in [0.15, 0.2) is 0 Å². The number of pyridine rings is 1. The number of carbonyl (C=O) groups excluding carboxylic acids is 1. The number of nitrogens with one attached hydrogen (secondary N) is 1. The molecule has 2 aliphatic rings. The van der Waals surface area contributed by atoms with Crippen molar-refractivity contribution < 1.29 is 13.2 Å². The second-order valence-electron chi connectivity index (χ2n) is 9.51. The molecule has 3 aromatic rings. The minimum Gasteiger partial charge on any atom is -0.371 e. The number of piperidine rings is 2. The van der Waals surface area contributed by atoms with Crippen molar-refractivity contribution in [3.8, 4) is 0 Å². The molecule has 5 rings (SSSR count). The second kappa shape index (κ2) is 10.3. The van der Waals surface area contributed by atoms with E-state index in [0.29, 0.717) is 25.9 Å². The average molecular weight is 493 g/mol. The standard InChI is InChI=1S/C27H32N4O3S/c32-27(22-12-17-31(18-13-22)35(33,34)20-21-7-3-1-4-8-21)29-25-9-10-26(30-15-5-2-6-16-30)23-11-14-28-19-24(23)25/h1,3-4,7-11,14,19,22H,2,5-6,12-13,15-18,20H2,(H,29,32). The minimum absolute atomic E-state index is 0.00689. The largest absolute Gasteiger partial charge is 0.371 e. The molecule has 2 fully saturated rings. The zero-order valence-corrected chi connectivity index (χ0v) is 20.7. The third kappa shape index (κ3) is 5.33. The molecule has 0 saturated carbocycles. The highest BCUT2D eigenvalue weighted by Crippen LogP contribution is 2.34. The van der Waals surface area contributed by atoms with Gasteiger partial charge < -0.3 is 10.2 Å². The molecule has 2 aromatic carbocycles. The van der Waals surface area contributed by atoms with E-state index < -0.39 is 10.0 Å². The molecule has 35 heavy (non-hydrogen) atoms. The Balaban J connectivity index is 1.25. The molecule has 0 aliphatic carbocycles. The summed E-state index contributed by atoms with van der Waals surface area (Å²) < 4.78 is 27.2. The van der Waals surface area contributed by atoms with Gasteiger partial charge in [0.2, 0.25) is 15.9 Å². The highest BCUT2D eigenvalue weighted by molar-refractivity contribution is 7.88. The number of aromatic nitrogens is 1. The molecule has 1 aromatic heterocycles. The number of rotatable bonds is 6. The molecule has 3 heterocycles. The molecular weight excluding hydrogens is 460 g/mol. The number of nitrogens with zero attached hydrogens (tertiary/aromatic N) is 3. The Hall–Kier alpha value is -2.97. The van der Waals surface area contributed by atoms with Gasteiger partial charge in [-0.1, -0.05) is 30.3 Å². The number of amides is 1. The predicted molar refractivity (Wildman–Crippen MR) is 140 cm³/mol. The fraction of sp³-hybridized carbons (Fsp3) is 0.407. The lowest BCUT2D eigenvalue weighted by molar-refractivity contribution is -0.120. The van der Waals surface area contributed by atoms with E-state index in [9.17, 15) is 13.2 Å². The number of anilines is 2. The van der Waals surface area contributed by atoms with E-state index in [-0.39, 0.29) is 17.6 Å². The van der Waals surface area contributed by atoms with E-state index in [2.05, 4.69) is 21.3 Å². The van der Waals surface area contributed by atoms with E-state index in [1.807, 2.05) is 48.7 Å². The third-order valence-electron chi connectivity index (χ3n) is 7.16. The van der Waals surface area contributed by atoms with Crippen LogP contribution in [0.5, 0.6) is 0 Å². The summed E-state index contributed by atoms with van der Waals surface area (Å²) in [6.07, 6.45) is 8.32. The molecule has 2 saturated heterocycles. The zero-order chi connectivity index (χ0) is 24.3. The zero-order valence-electron chi connectivity index (χ0n) is 19.9. The van der Waals surface area contributed by atoms with Crippen LogP contribution >= 0.6 is 0 Å². The number of benzene rings is 2. The monoisotopic (exact) mass is 492 g/mol. The highest BCUT2D eigenvalue weighted by atomic mass is 32.2. The van der Waals surface area contributed by atoms with Crippen molar-refractivity contribution >= 4 is 38.1 Å². The third-order valence-corrected chi connectivity index (χ3v) is 9.01. The SMILES string of the molecule is O=C(Nc1ccc(N2CCCCC2)c2ccncc12)C1CCN(S(=O)(=O)Cc2ccccc2)CC1. The molecule has 1 amide bonds. The molecule has 0 radical (unpaired) electrons. The van der Waals surface area contributed by atoms with E-state index in [0.717, 1.165) is 35.1 Å². The summed E-state index contributed by atoms with van der Waals surface area (Å²) >= 11 is 0. The van der Waals surface area contributed by atoms with Crippen molar-refractivity contribution in [2.24, 2.45) is 5.92 Å².